The first kappa shape index (κ1) is 10.5. The van der Waals surface area contributed by atoms with Crippen molar-refractivity contribution in [3.63, 3.8) is 0 Å². The Hall–Kier alpha value is -1.01. The molecule has 0 N–H and O–H groups in total. The van der Waals surface area contributed by atoms with Gasteiger partial charge in [0.1, 0.15) is 5.82 Å². The van der Waals surface area contributed by atoms with Gasteiger partial charge < -0.3 is 4.90 Å². The molecule has 3 heteroatoms. The zero-order valence-corrected chi connectivity index (χ0v) is 10.1. The van der Waals surface area contributed by atoms with Crippen LogP contribution in [0, 0.1) is 18.3 Å². The van der Waals surface area contributed by atoms with Gasteiger partial charge in [-0.25, -0.2) is 4.98 Å². The SMILES string of the molecule is C#CCN(CC1CC1)c1ncccc1Br. The van der Waals surface area contributed by atoms with Crippen molar-refractivity contribution in [2.75, 3.05) is 18.0 Å². The molecule has 0 amide bonds. The molecule has 0 atom stereocenters. The molecule has 78 valence electrons. The van der Waals surface area contributed by atoms with E-state index in [-0.39, 0.29) is 0 Å². The van der Waals surface area contributed by atoms with Crippen LogP contribution in [-0.4, -0.2) is 18.1 Å². The summed E-state index contributed by atoms with van der Waals surface area (Å²) in [5.41, 5.74) is 0. The van der Waals surface area contributed by atoms with Gasteiger partial charge in [-0.15, -0.1) is 6.42 Å². The third-order valence-corrected chi connectivity index (χ3v) is 3.12. The molecule has 0 aromatic carbocycles. The van der Waals surface area contributed by atoms with Crippen LogP contribution >= 0.6 is 15.9 Å². The second kappa shape index (κ2) is 4.67. The summed E-state index contributed by atoms with van der Waals surface area (Å²) in [7, 11) is 0. The van der Waals surface area contributed by atoms with E-state index in [1.807, 2.05) is 12.1 Å². The highest BCUT2D eigenvalue weighted by Gasteiger charge is 2.25. The quantitative estimate of drug-likeness (QED) is 0.778. The smallest absolute Gasteiger partial charge is 0.143 e. The van der Waals surface area contributed by atoms with Crippen LogP contribution in [0.2, 0.25) is 0 Å². The average molecular weight is 265 g/mol. The number of pyridine rings is 1. The Morgan fingerprint density at radius 1 is 1.60 bits per heavy atom. The van der Waals surface area contributed by atoms with E-state index < -0.39 is 0 Å². The molecule has 1 aromatic heterocycles. The van der Waals surface area contributed by atoms with Crippen LogP contribution in [0.1, 0.15) is 12.8 Å². The molecule has 1 aromatic rings. The van der Waals surface area contributed by atoms with Crippen LogP contribution < -0.4 is 4.90 Å². The highest BCUT2D eigenvalue weighted by atomic mass is 79.9. The molecule has 0 bridgehead atoms. The van der Waals surface area contributed by atoms with E-state index in [0.717, 1.165) is 22.8 Å². The first-order valence-electron chi connectivity index (χ1n) is 5.10. The van der Waals surface area contributed by atoms with Crippen molar-refractivity contribution in [3.05, 3.63) is 22.8 Å². The summed E-state index contributed by atoms with van der Waals surface area (Å²) in [6.45, 7) is 1.66. The van der Waals surface area contributed by atoms with Gasteiger partial charge in [-0.3, -0.25) is 0 Å². The van der Waals surface area contributed by atoms with Crippen LogP contribution in [0.4, 0.5) is 5.82 Å². The zero-order valence-electron chi connectivity index (χ0n) is 8.49. The minimum Gasteiger partial charge on any atom is -0.344 e. The third kappa shape index (κ3) is 2.73. The van der Waals surface area contributed by atoms with Crippen molar-refractivity contribution in [2.24, 2.45) is 5.92 Å². The summed E-state index contributed by atoms with van der Waals surface area (Å²) in [5, 5.41) is 0. The van der Waals surface area contributed by atoms with Crippen LogP contribution in [0.3, 0.4) is 0 Å². The summed E-state index contributed by atoms with van der Waals surface area (Å²) >= 11 is 3.50. The van der Waals surface area contributed by atoms with Crippen LogP contribution in [0.25, 0.3) is 0 Å². The molecule has 0 spiro atoms. The van der Waals surface area contributed by atoms with Crippen LogP contribution in [-0.2, 0) is 0 Å². The predicted octanol–water partition coefficient (Wildman–Crippen LogP) is 2.69. The lowest BCUT2D eigenvalue weighted by Gasteiger charge is -2.21. The molecule has 1 aliphatic rings. The molecular formula is C12H13BrN2. The second-order valence-corrected chi connectivity index (χ2v) is 4.69. The summed E-state index contributed by atoms with van der Waals surface area (Å²) < 4.78 is 1.01. The Balaban J connectivity index is 2.15. The zero-order chi connectivity index (χ0) is 10.7. The van der Waals surface area contributed by atoms with Crippen molar-refractivity contribution < 1.29 is 0 Å². The fraction of sp³-hybridized carbons (Fsp3) is 0.417. The Labute approximate surface area is 98.8 Å². The van der Waals surface area contributed by atoms with Gasteiger partial charge in [-0.1, -0.05) is 5.92 Å². The average Bonchev–Trinajstić information content (AvgIpc) is 3.02. The molecule has 15 heavy (non-hydrogen) atoms. The fourth-order valence-corrected chi connectivity index (χ4v) is 2.06. The van der Waals surface area contributed by atoms with E-state index in [4.69, 9.17) is 6.42 Å². The van der Waals surface area contributed by atoms with Crippen molar-refractivity contribution in [3.8, 4) is 12.3 Å². The van der Waals surface area contributed by atoms with Crippen molar-refractivity contribution in [1.29, 1.82) is 0 Å². The Bertz CT molecular complexity index is 379. The van der Waals surface area contributed by atoms with Gasteiger partial charge in [0.15, 0.2) is 0 Å². The lowest BCUT2D eigenvalue weighted by Crippen LogP contribution is -2.27. The van der Waals surface area contributed by atoms with Crippen molar-refractivity contribution >= 4 is 21.7 Å². The topological polar surface area (TPSA) is 16.1 Å². The van der Waals surface area contributed by atoms with E-state index >= 15 is 0 Å². The summed E-state index contributed by atoms with van der Waals surface area (Å²) in [6.07, 6.45) is 9.83. The normalized spacial score (nSPS) is 14.7. The maximum atomic E-state index is 5.38. The fourth-order valence-electron chi connectivity index (χ4n) is 1.56. The third-order valence-electron chi connectivity index (χ3n) is 2.50. The molecule has 0 saturated heterocycles. The van der Waals surface area contributed by atoms with E-state index in [1.54, 1.807) is 6.20 Å². The summed E-state index contributed by atoms with van der Waals surface area (Å²) in [6, 6.07) is 3.91. The largest absolute Gasteiger partial charge is 0.344 e. The number of hydrogen-bond acceptors (Lipinski definition) is 2. The molecule has 1 aliphatic carbocycles. The Morgan fingerprint density at radius 3 is 3.00 bits per heavy atom. The number of terminal acetylenes is 1. The monoisotopic (exact) mass is 264 g/mol. The van der Waals surface area contributed by atoms with E-state index in [1.165, 1.54) is 12.8 Å². The molecule has 2 nitrogen and oxygen atoms in total. The van der Waals surface area contributed by atoms with Gasteiger partial charge in [-0.2, -0.15) is 0 Å². The summed E-state index contributed by atoms with van der Waals surface area (Å²) in [4.78, 5) is 6.53. The first-order valence-corrected chi connectivity index (χ1v) is 5.89. The second-order valence-electron chi connectivity index (χ2n) is 3.84. The van der Waals surface area contributed by atoms with Crippen LogP contribution in [0.15, 0.2) is 22.8 Å². The van der Waals surface area contributed by atoms with Crippen LogP contribution in [0.5, 0.6) is 0 Å². The number of rotatable bonds is 4. The van der Waals surface area contributed by atoms with Gasteiger partial charge in [0.25, 0.3) is 0 Å². The Morgan fingerprint density at radius 2 is 2.40 bits per heavy atom. The van der Waals surface area contributed by atoms with Gasteiger partial charge in [0.05, 0.1) is 11.0 Å². The molecule has 1 heterocycles. The number of nitrogens with zero attached hydrogens (tertiary/aromatic N) is 2. The standard InChI is InChI=1S/C12H13BrN2/c1-2-8-15(9-10-5-6-10)12-11(13)4-3-7-14-12/h1,3-4,7,10H,5-6,8-9H2. The van der Waals surface area contributed by atoms with E-state index in [2.05, 4.69) is 31.7 Å². The minimum atomic E-state index is 0.631. The number of anilines is 1. The number of hydrogen-bond donors (Lipinski definition) is 0. The molecule has 2 rings (SSSR count). The molecule has 1 fully saturated rings. The van der Waals surface area contributed by atoms with E-state index in [0.29, 0.717) is 6.54 Å². The lowest BCUT2D eigenvalue weighted by atomic mass is 10.3. The predicted molar refractivity (Wildman–Crippen MR) is 65.7 cm³/mol. The van der Waals surface area contributed by atoms with Crippen molar-refractivity contribution in [2.45, 2.75) is 12.8 Å². The maximum absolute atomic E-state index is 5.38. The van der Waals surface area contributed by atoms with Gasteiger partial charge in [0, 0.05) is 12.7 Å². The highest BCUT2D eigenvalue weighted by molar-refractivity contribution is 9.10. The molecule has 0 unspecified atom stereocenters. The molecule has 1 saturated carbocycles. The first-order chi connectivity index (χ1) is 7.31. The minimum absolute atomic E-state index is 0.631. The molecular weight excluding hydrogens is 252 g/mol. The van der Waals surface area contributed by atoms with Gasteiger partial charge >= 0.3 is 0 Å². The number of aromatic nitrogens is 1. The highest BCUT2D eigenvalue weighted by Crippen LogP contribution is 2.32. The maximum Gasteiger partial charge on any atom is 0.143 e. The number of halogens is 1. The van der Waals surface area contributed by atoms with Crippen molar-refractivity contribution in [1.82, 2.24) is 4.98 Å². The van der Waals surface area contributed by atoms with E-state index in [9.17, 15) is 0 Å². The lowest BCUT2D eigenvalue weighted by molar-refractivity contribution is 0.753. The molecule has 0 aliphatic heterocycles. The summed E-state index contributed by atoms with van der Waals surface area (Å²) in [5.74, 6) is 4.46. The van der Waals surface area contributed by atoms with Gasteiger partial charge in [-0.05, 0) is 46.8 Å². The molecule has 0 radical (unpaired) electrons. The van der Waals surface area contributed by atoms with Gasteiger partial charge in [0.2, 0.25) is 0 Å². The Kier molecular flexibility index (Phi) is 3.27.